The lowest BCUT2D eigenvalue weighted by Crippen LogP contribution is -2.18. The van der Waals surface area contributed by atoms with Crippen LogP contribution in [0.25, 0.3) is 0 Å². The van der Waals surface area contributed by atoms with Crippen molar-refractivity contribution in [1.82, 2.24) is 0 Å². The van der Waals surface area contributed by atoms with E-state index < -0.39 is 0 Å². The molecular formula is C21H19N3O2. The van der Waals surface area contributed by atoms with Crippen LogP contribution in [0.1, 0.15) is 30.7 Å². The maximum atomic E-state index is 12.2. The van der Waals surface area contributed by atoms with Gasteiger partial charge in [-0.2, -0.15) is 5.26 Å². The van der Waals surface area contributed by atoms with Gasteiger partial charge in [0.05, 0.1) is 17.4 Å². The standard InChI is InChI=1S/C21H19N3O2/c22-11-10-21(26)24-20-9-5-4-8-19(20)23-17-12-16(13-18(25)14-17)15-6-2-1-3-7-15/h1-9,14,16,23H,10,12-13H2,(H,24,26). The Balaban J connectivity index is 1.77. The number of rotatable bonds is 5. The van der Waals surface area contributed by atoms with Gasteiger partial charge in [0, 0.05) is 18.2 Å². The fourth-order valence-electron chi connectivity index (χ4n) is 3.08. The monoisotopic (exact) mass is 345 g/mol. The topological polar surface area (TPSA) is 82.0 Å². The molecule has 130 valence electrons. The van der Waals surface area contributed by atoms with Crippen LogP contribution in [0.15, 0.2) is 66.4 Å². The Hall–Kier alpha value is -3.39. The van der Waals surface area contributed by atoms with Crippen molar-refractivity contribution in [2.24, 2.45) is 0 Å². The molecule has 0 saturated heterocycles. The number of benzene rings is 2. The molecule has 26 heavy (non-hydrogen) atoms. The molecule has 0 aromatic heterocycles. The van der Waals surface area contributed by atoms with E-state index in [9.17, 15) is 9.59 Å². The van der Waals surface area contributed by atoms with Crippen molar-refractivity contribution < 1.29 is 9.59 Å². The van der Waals surface area contributed by atoms with Crippen molar-refractivity contribution in [2.75, 3.05) is 10.6 Å². The quantitative estimate of drug-likeness (QED) is 0.859. The first kappa shape index (κ1) is 17.4. The van der Waals surface area contributed by atoms with Gasteiger partial charge >= 0.3 is 0 Å². The van der Waals surface area contributed by atoms with Gasteiger partial charge in [-0.15, -0.1) is 0 Å². The van der Waals surface area contributed by atoms with Gasteiger partial charge in [-0.25, -0.2) is 0 Å². The van der Waals surface area contributed by atoms with Gasteiger partial charge in [0.2, 0.25) is 5.91 Å². The van der Waals surface area contributed by atoms with Gasteiger partial charge in [-0.1, -0.05) is 42.5 Å². The van der Waals surface area contributed by atoms with Crippen LogP contribution in [-0.4, -0.2) is 11.7 Å². The average Bonchev–Trinajstić information content (AvgIpc) is 2.64. The number of nitriles is 1. The average molecular weight is 345 g/mol. The van der Waals surface area contributed by atoms with Gasteiger partial charge in [0.25, 0.3) is 0 Å². The lowest BCUT2D eigenvalue weighted by Gasteiger charge is -2.24. The lowest BCUT2D eigenvalue weighted by molar-refractivity contribution is -0.116. The number of carbonyl (C=O) groups is 2. The van der Waals surface area contributed by atoms with Crippen LogP contribution in [-0.2, 0) is 9.59 Å². The van der Waals surface area contributed by atoms with Crippen LogP contribution in [0.2, 0.25) is 0 Å². The first-order valence-electron chi connectivity index (χ1n) is 8.47. The Labute approximate surface area is 152 Å². The summed E-state index contributed by atoms with van der Waals surface area (Å²) < 4.78 is 0. The first-order chi connectivity index (χ1) is 12.7. The molecule has 1 amide bonds. The van der Waals surface area contributed by atoms with Crippen molar-refractivity contribution in [3.63, 3.8) is 0 Å². The van der Waals surface area contributed by atoms with Crippen LogP contribution in [0, 0.1) is 11.3 Å². The molecule has 0 bridgehead atoms. The molecule has 2 aromatic rings. The number of carbonyl (C=O) groups excluding carboxylic acids is 2. The largest absolute Gasteiger partial charge is 0.357 e. The maximum Gasteiger partial charge on any atom is 0.238 e. The molecular weight excluding hydrogens is 326 g/mol. The number of para-hydroxylation sites is 2. The molecule has 0 aliphatic heterocycles. The lowest BCUT2D eigenvalue weighted by atomic mass is 9.85. The zero-order valence-electron chi connectivity index (χ0n) is 14.2. The number of ketones is 1. The third kappa shape index (κ3) is 4.37. The number of nitrogens with one attached hydrogen (secondary N) is 2. The Kier molecular flexibility index (Phi) is 5.45. The first-order valence-corrected chi connectivity index (χ1v) is 8.47. The highest BCUT2D eigenvalue weighted by molar-refractivity contribution is 5.96. The van der Waals surface area contributed by atoms with E-state index in [-0.39, 0.29) is 24.0 Å². The highest BCUT2D eigenvalue weighted by Gasteiger charge is 2.22. The molecule has 1 atom stereocenters. The Morgan fingerprint density at radius 2 is 1.73 bits per heavy atom. The molecule has 3 rings (SSSR count). The van der Waals surface area contributed by atoms with E-state index in [1.807, 2.05) is 48.5 Å². The molecule has 5 nitrogen and oxygen atoms in total. The van der Waals surface area contributed by atoms with Gasteiger partial charge in [0.15, 0.2) is 5.78 Å². The molecule has 0 saturated carbocycles. The summed E-state index contributed by atoms with van der Waals surface area (Å²) >= 11 is 0. The van der Waals surface area contributed by atoms with Gasteiger partial charge in [-0.3, -0.25) is 9.59 Å². The van der Waals surface area contributed by atoms with Crippen LogP contribution in [0.3, 0.4) is 0 Å². The van der Waals surface area contributed by atoms with Crippen molar-refractivity contribution in [1.29, 1.82) is 5.26 Å². The molecule has 1 aliphatic carbocycles. The van der Waals surface area contributed by atoms with Crippen molar-refractivity contribution >= 4 is 23.1 Å². The minimum atomic E-state index is -0.363. The van der Waals surface area contributed by atoms with E-state index in [0.717, 1.165) is 17.7 Å². The van der Waals surface area contributed by atoms with E-state index >= 15 is 0 Å². The SMILES string of the molecule is N#CCC(=O)Nc1ccccc1NC1=CC(=O)CC(c2ccccc2)C1. The number of amides is 1. The molecule has 0 fully saturated rings. The van der Waals surface area contributed by atoms with E-state index in [1.54, 1.807) is 18.2 Å². The summed E-state index contributed by atoms with van der Waals surface area (Å²) in [4.78, 5) is 23.9. The molecule has 1 aliphatic rings. The number of nitrogens with zero attached hydrogens (tertiary/aromatic N) is 1. The van der Waals surface area contributed by atoms with Gasteiger partial charge < -0.3 is 10.6 Å². The molecule has 0 heterocycles. The summed E-state index contributed by atoms with van der Waals surface area (Å²) in [6, 6.07) is 19.1. The Morgan fingerprint density at radius 1 is 1.04 bits per heavy atom. The molecule has 5 heteroatoms. The summed E-state index contributed by atoms with van der Waals surface area (Å²) in [7, 11) is 0. The minimum absolute atomic E-state index is 0.0820. The minimum Gasteiger partial charge on any atom is -0.357 e. The number of allylic oxidation sites excluding steroid dienone is 2. The van der Waals surface area contributed by atoms with E-state index in [1.165, 1.54) is 0 Å². The number of hydrogen-bond donors (Lipinski definition) is 2. The van der Waals surface area contributed by atoms with Crippen LogP contribution < -0.4 is 10.6 Å². The number of anilines is 2. The third-order valence-electron chi connectivity index (χ3n) is 4.26. The molecule has 1 unspecified atom stereocenters. The summed E-state index contributed by atoms with van der Waals surface area (Å²) in [6.07, 6.45) is 2.64. The zero-order chi connectivity index (χ0) is 18.4. The Morgan fingerprint density at radius 3 is 2.46 bits per heavy atom. The summed E-state index contributed by atoms with van der Waals surface area (Å²) in [5.41, 5.74) is 3.25. The van der Waals surface area contributed by atoms with E-state index in [4.69, 9.17) is 5.26 Å². The molecule has 2 aromatic carbocycles. The van der Waals surface area contributed by atoms with Gasteiger partial charge in [0.1, 0.15) is 6.42 Å². The fraction of sp³-hybridized carbons (Fsp3) is 0.190. The fourth-order valence-corrected chi connectivity index (χ4v) is 3.08. The van der Waals surface area contributed by atoms with Crippen molar-refractivity contribution in [2.45, 2.75) is 25.2 Å². The highest BCUT2D eigenvalue weighted by Crippen LogP contribution is 2.33. The van der Waals surface area contributed by atoms with Crippen molar-refractivity contribution in [3.8, 4) is 6.07 Å². The van der Waals surface area contributed by atoms with Gasteiger partial charge in [-0.05, 0) is 30.0 Å². The predicted molar refractivity (Wildman–Crippen MR) is 100 cm³/mol. The number of hydrogen-bond acceptors (Lipinski definition) is 4. The molecule has 0 radical (unpaired) electrons. The maximum absolute atomic E-state index is 12.2. The summed E-state index contributed by atoms with van der Waals surface area (Å²) in [5.74, 6) is -0.146. The van der Waals surface area contributed by atoms with E-state index in [0.29, 0.717) is 17.8 Å². The van der Waals surface area contributed by atoms with Crippen LogP contribution >= 0.6 is 0 Å². The predicted octanol–water partition coefficient (Wildman–Crippen LogP) is 3.98. The second-order valence-electron chi connectivity index (χ2n) is 6.21. The summed E-state index contributed by atoms with van der Waals surface area (Å²) in [6.45, 7) is 0. The smallest absolute Gasteiger partial charge is 0.238 e. The van der Waals surface area contributed by atoms with E-state index in [2.05, 4.69) is 10.6 Å². The third-order valence-corrected chi connectivity index (χ3v) is 4.26. The highest BCUT2D eigenvalue weighted by atomic mass is 16.1. The van der Waals surface area contributed by atoms with Crippen molar-refractivity contribution in [3.05, 3.63) is 71.9 Å². The normalized spacial score (nSPS) is 16.3. The summed E-state index contributed by atoms with van der Waals surface area (Å²) in [5, 5.41) is 14.6. The second kappa shape index (κ2) is 8.13. The zero-order valence-corrected chi connectivity index (χ0v) is 14.2. The van der Waals surface area contributed by atoms with Crippen LogP contribution in [0.5, 0.6) is 0 Å². The molecule has 2 N–H and O–H groups in total. The Bertz CT molecular complexity index is 882. The van der Waals surface area contributed by atoms with Crippen LogP contribution in [0.4, 0.5) is 11.4 Å². The second-order valence-corrected chi connectivity index (χ2v) is 6.21. The molecule has 0 spiro atoms.